The van der Waals surface area contributed by atoms with Gasteiger partial charge in [0, 0.05) is 18.6 Å². The van der Waals surface area contributed by atoms with Crippen LogP contribution in [-0.4, -0.2) is 77.3 Å². The summed E-state index contributed by atoms with van der Waals surface area (Å²) in [6.07, 6.45) is 7.24. The van der Waals surface area contributed by atoms with Crippen LogP contribution in [0.4, 0.5) is 4.39 Å². The van der Waals surface area contributed by atoms with Crippen molar-refractivity contribution in [3.05, 3.63) is 71.6 Å². The molecule has 2 aliphatic rings. The SMILES string of the molecule is CC(/C=C/C1O[C@H](CC(N)=O)CC(CO)[C@@H]1O)=C\C[C@@H]1OC(C)C(NC(=O)/C=C\C(C)OC(=O)c2ccc(F)cc2)CC1C. The minimum atomic E-state index is -0.891. The molecule has 2 heterocycles. The normalized spacial score (nSPS) is 30.3. The van der Waals surface area contributed by atoms with E-state index >= 15 is 0 Å². The standard InChI is InChI=1S/C33H45FN2O8/c1-19(6-13-29-32(40)24(18-37)16-26(44-29)17-30(35)38)5-12-28-20(2)15-27(22(4)43-28)36-31(39)14-7-21(3)42-33(41)23-8-10-25(34)11-9-23/h5-11,13-14,20-22,24,26-29,32,37,40H,12,15-18H2,1-4H3,(H2,35,38)(H,36,39)/b13-6+,14-7-,19-5+/t20?,21?,22?,24?,26-,27?,28-,29?,32-/m0/s1. The average molecular weight is 617 g/mol. The molecule has 0 radical (unpaired) electrons. The van der Waals surface area contributed by atoms with Crippen molar-refractivity contribution in [2.24, 2.45) is 17.6 Å². The number of hydrogen-bond donors (Lipinski definition) is 4. The molecular weight excluding hydrogens is 571 g/mol. The van der Waals surface area contributed by atoms with Gasteiger partial charge in [-0.2, -0.15) is 0 Å². The third kappa shape index (κ3) is 10.7. The van der Waals surface area contributed by atoms with E-state index in [1.807, 2.05) is 26.0 Å². The molecule has 1 aromatic carbocycles. The first kappa shape index (κ1) is 35.1. The van der Waals surface area contributed by atoms with Gasteiger partial charge in [-0.05, 0) is 76.3 Å². The van der Waals surface area contributed by atoms with Crippen LogP contribution in [0.5, 0.6) is 0 Å². The van der Waals surface area contributed by atoms with Gasteiger partial charge < -0.3 is 35.5 Å². The van der Waals surface area contributed by atoms with Crippen molar-refractivity contribution in [2.75, 3.05) is 6.61 Å². The highest BCUT2D eigenvalue weighted by molar-refractivity contribution is 5.90. The van der Waals surface area contributed by atoms with E-state index in [0.717, 1.165) is 12.0 Å². The maximum absolute atomic E-state index is 13.1. The lowest BCUT2D eigenvalue weighted by atomic mass is 9.87. The fourth-order valence-corrected chi connectivity index (χ4v) is 5.45. The zero-order valence-corrected chi connectivity index (χ0v) is 25.7. The Bertz CT molecular complexity index is 1220. The van der Waals surface area contributed by atoms with Crippen LogP contribution in [0.2, 0.25) is 0 Å². The van der Waals surface area contributed by atoms with Crippen LogP contribution in [0.15, 0.2) is 60.2 Å². The Hall–Kier alpha value is -3.38. The number of benzene rings is 1. The molecule has 0 aromatic heterocycles. The lowest BCUT2D eigenvalue weighted by Crippen LogP contribution is -2.50. The molecule has 9 atom stereocenters. The van der Waals surface area contributed by atoms with Crippen molar-refractivity contribution >= 4 is 17.8 Å². The topological polar surface area (TPSA) is 157 Å². The Labute approximate surface area is 258 Å². The predicted octanol–water partition coefficient (Wildman–Crippen LogP) is 3.12. The molecule has 0 saturated carbocycles. The highest BCUT2D eigenvalue weighted by atomic mass is 19.1. The lowest BCUT2D eigenvalue weighted by Gasteiger charge is -2.39. The van der Waals surface area contributed by atoms with Gasteiger partial charge in [-0.1, -0.05) is 30.7 Å². The van der Waals surface area contributed by atoms with Gasteiger partial charge in [0.2, 0.25) is 11.8 Å². The van der Waals surface area contributed by atoms with Gasteiger partial charge in [-0.25, -0.2) is 9.18 Å². The number of halogens is 1. The number of carbonyl (C=O) groups is 3. The monoisotopic (exact) mass is 616 g/mol. The van der Waals surface area contributed by atoms with E-state index in [-0.39, 0.29) is 48.7 Å². The van der Waals surface area contributed by atoms with Crippen LogP contribution in [0.3, 0.4) is 0 Å². The van der Waals surface area contributed by atoms with E-state index in [4.69, 9.17) is 19.9 Å². The number of hydrogen-bond acceptors (Lipinski definition) is 8. The second-order valence-electron chi connectivity index (χ2n) is 11.8. The minimum absolute atomic E-state index is 0.0304. The van der Waals surface area contributed by atoms with E-state index in [1.165, 1.54) is 36.4 Å². The van der Waals surface area contributed by atoms with Gasteiger partial charge in [0.05, 0.1) is 42.4 Å². The summed E-state index contributed by atoms with van der Waals surface area (Å²) in [5, 5.41) is 23.2. The first-order valence-corrected chi connectivity index (χ1v) is 15.0. The fourth-order valence-electron chi connectivity index (χ4n) is 5.45. The van der Waals surface area contributed by atoms with Crippen molar-refractivity contribution in [2.45, 2.75) is 96.0 Å². The largest absolute Gasteiger partial charge is 0.455 e. The van der Waals surface area contributed by atoms with Gasteiger partial charge >= 0.3 is 5.97 Å². The number of carbonyl (C=O) groups excluding carboxylic acids is 3. The molecule has 5 N–H and O–H groups in total. The number of ether oxygens (including phenoxy) is 3. The van der Waals surface area contributed by atoms with Crippen LogP contribution in [0.1, 0.15) is 63.7 Å². The van der Waals surface area contributed by atoms with Gasteiger partial charge in [0.1, 0.15) is 18.0 Å². The summed E-state index contributed by atoms with van der Waals surface area (Å²) in [6, 6.07) is 4.83. The first-order chi connectivity index (χ1) is 20.9. The Morgan fingerprint density at radius 1 is 1.16 bits per heavy atom. The highest BCUT2D eigenvalue weighted by Gasteiger charge is 2.37. The molecule has 2 fully saturated rings. The number of aliphatic hydroxyl groups is 2. The molecule has 2 saturated heterocycles. The third-order valence-corrected chi connectivity index (χ3v) is 8.05. The average Bonchev–Trinajstić information content (AvgIpc) is 2.97. The molecule has 2 aliphatic heterocycles. The number of nitrogens with two attached hydrogens (primary N) is 1. The highest BCUT2D eigenvalue weighted by Crippen LogP contribution is 2.29. The number of nitrogens with one attached hydrogen (secondary N) is 1. The van der Waals surface area contributed by atoms with Crippen molar-refractivity contribution in [3.8, 4) is 0 Å². The summed E-state index contributed by atoms with van der Waals surface area (Å²) >= 11 is 0. The predicted molar refractivity (Wildman–Crippen MR) is 162 cm³/mol. The summed E-state index contributed by atoms with van der Waals surface area (Å²) in [4.78, 5) is 36.1. The third-order valence-electron chi connectivity index (χ3n) is 8.05. The fraction of sp³-hybridized carbons (Fsp3) is 0.545. The second-order valence-corrected chi connectivity index (χ2v) is 11.8. The first-order valence-electron chi connectivity index (χ1n) is 15.0. The Morgan fingerprint density at radius 3 is 2.52 bits per heavy atom. The van der Waals surface area contributed by atoms with Gasteiger partial charge in [0.15, 0.2) is 0 Å². The molecule has 0 spiro atoms. The number of esters is 1. The number of rotatable bonds is 12. The van der Waals surface area contributed by atoms with Gasteiger partial charge in [0.25, 0.3) is 0 Å². The van der Waals surface area contributed by atoms with Gasteiger partial charge in [-0.15, -0.1) is 0 Å². The maximum atomic E-state index is 13.1. The molecule has 3 rings (SSSR count). The number of amides is 2. The Morgan fingerprint density at radius 2 is 1.86 bits per heavy atom. The van der Waals surface area contributed by atoms with Crippen molar-refractivity contribution in [1.29, 1.82) is 0 Å². The molecule has 0 bridgehead atoms. The molecule has 0 aliphatic carbocycles. The van der Waals surface area contributed by atoms with E-state index in [9.17, 15) is 29.0 Å². The van der Waals surface area contributed by atoms with E-state index in [0.29, 0.717) is 12.8 Å². The maximum Gasteiger partial charge on any atom is 0.338 e. The van der Waals surface area contributed by atoms with Crippen LogP contribution in [0, 0.1) is 17.7 Å². The van der Waals surface area contributed by atoms with Crippen LogP contribution in [-0.2, 0) is 23.8 Å². The van der Waals surface area contributed by atoms with Crippen molar-refractivity contribution < 1.29 is 43.2 Å². The van der Waals surface area contributed by atoms with E-state index in [2.05, 4.69) is 12.2 Å². The molecule has 44 heavy (non-hydrogen) atoms. The van der Waals surface area contributed by atoms with E-state index in [1.54, 1.807) is 13.0 Å². The minimum Gasteiger partial charge on any atom is -0.455 e. The molecule has 10 nitrogen and oxygen atoms in total. The number of primary amides is 1. The molecule has 11 heteroatoms. The summed E-state index contributed by atoms with van der Waals surface area (Å²) < 4.78 is 30.5. The van der Waals surface area contributed by atoms with E-state index < -0.39 is 48.0 Å². The molecule has 6 unspecified atom stereocenters. The van der Waals surface area contributed by atoms with Crippen LogP contribution in [0.25, 0.3) is 0 Å². The molecular formula is C33H45FN2O8. The van der Waals surface area contributed by atoms with Crippen molar-refractivity contribution in [1.82, 2.24) is 5.32 Å². The summed E-state index contributed by atoms with van der Waals surface area (Å²) in [5.74, 6) is -2.12. The Kier molecular flexibility index (Phi) is 13.3. The second kappa shape index (κ2) is 16.6. The molecule has 1 aromatic rings. The molecule has 242 valence electrons. The zero-order chi connectivity index (χ0) is 32.4. The smallest absolute Gasteiger partial charge is 0.338 e. The van der Waals surface area contributed by atoms with Gasteiger partial charge in [-0.3, -0.25) is 9.59 Å². The van der Waals surface area contributed by atoms with Crippen LogP contribution < -0.4 is 11.1 Å². The molecule has 2 amide bonds. The zero-order valence-electron chi connectivity index (χ0n) is 25.7. The number of allylic oxidation sites excluding steroid dienone is 2. The number of aliphatic hydroxyl groups excluding tert-OH is 2. The summed E-state index contributed by atoms with van der Waals surface area (Å²) in [5.41, 5.74) is 6.47. The Balaban J connectivity index is 1.47. The summed E-state index contributed by atoms with van der Waals surface area (Å²) in [7, 11) is 0. The lowest BCUT2D eigenvalue weighted by molar-refractivity contribution is -0.144. The van der Waals surface area contributed by atoms with Crippen LogP contribution >= 0.6 is 0 Å². The summed E-state index contributed by atoms with van der Waals surface area (Å²) in [6.45, 7) is 7.34. The quantitative estimate of drug-likeness (QED) is 0.159. The van der Waals surface area contributed by atoms with Crippen molar-refractivity contribution in [3.63, 3.8) is 0 Å².